The molecule has 2 aromatic heterocycles. The molecule has 2 N–H and O–H groups in total. The summed E-state index contributed by atoms with van der Waals surface area (Å²) in [5.74, 6) is 0.672. The van der Waals surface area contributed by atoms with Crippen molar-refractivity contribution in [3.63, 3.8) is 0 Å². The first kappa shape index (κ1) is 25.3. The summed E-state index contributed by atoms with van der Waals surface area (Å²) in [6, 6.07) is 5.37. The van der Waals surface area contributed by atoms with Gasteiger partial charge in [-0.25, -0.2) is 0 Å². The van der Waals surface area contributed by atoms with Gasteiger partial charge in [0.05, 0.1) is 17.7 Å². The molecule has 0 radical (unpaired) electrons. The van der Waals surface area contributed by atoms with Gasteiger partial charge < -0.3 is 15.2 Å². The van der Waals surface area contributed by atoms with Crippen LogP contribution in [0.3, 0.4) is 0 Å². The van der Waals surface area contributed by atoms with Crippen molar-refractivity contribution in [1.29, 1.82) is 0 Å². The third-order valence-corrected chi connectivity index (χ3v) is 8.10. The molecule has 3 aliphatic rings. The lowest BCUT2D eigenvalue weighted by molar-refractivity contribution is -0.129. The summed E-state index contributed by atoms with van der Waals surface area (Å²) in [6.45, 7) is 3.03. The van der Waals surface area contributed by atoms with Gasteiger partial charge in [-0.2, -0.15) is 9.97 Å². The Kier molecular flexibility index (Phi) is 7.24. The number of hydrogen-bond acceptors (Lipinski definition) is 9. The summed E-state index contributed by atoms with van der Waals surface area (Å²) >= 11 is 0. The SMILES string of the molecule is C[C@H](Oc1cc(Oc2cccnc2)nc(C(=O)C2=C(N)[C@]3(CCCCC3=O)CCC2)n1)[C@@H]1CCCN1C. The topological polar surface area (TPSA) is 121 Å². The molecule has 196 valence electrons. The molecular formula is C28H35N5O4. The Balaban J connectivity index is 1.49. The summed E-state index contributed by atoms with van der Waals surface area (Å²) in [6.07, 6.45) is 10.2. The maximum Gasteiger partial charge on any atom is 0.228 e. The number of nitrogens with zero attached hydrogens (tertiary/aromatic N) is 4. The molecule has 2 aliphatic carbocycles. The van der Waals surface area contributed by atoms with E-state index < -0.39 is 5.41 Å². The molecule has 5 rings (SSSR count). The maximum absolute atomic E-state index is 13.8. The lowest BCUT2D eigenvalue weighted by atomic mass is 9.64. The lowest BCUT2D eigenvalue weighted by Crippen LogP contribution is -2.42. The first-order valence-electron chi connectivity index (χ1n) is 13.3. The number of likely N-dealkylation sites (N-methyl/N-ethyl adjacent to an activating group) is 1. The Bertz CT molecular complexity index is 1200. The van der Waals surface area contributed by atoms with Crippen LogP contribution in [-0.4, -0.2) is 57.2 Å². The first-order valence-corrected chi connectivity index (χ1v) is 13.3. The van der Waals surface area contributed by atoms with Crippen LogP contribution < -0.4 is 15.2 Å². The number of nitrogens with two attached hydrogens (primary N) is 1. The van der Waals surface area contributed by atoms with Crippen LogP contribution in [0.25, 0.3) is 0 Å². The molecule has 9 heteroatoms. The number of allylic oxidation sites excluding steroid dienone is 2. The molecule has 0 aromatic carbocycles. The number of rotatable bonds is 7. The van der Waals surface area contributed by atoms with Crippen LogP contribution in [0, 0.1) is 5.41 Å². The third-order valence-electron chi connectivity index (χ3n) is 8.10. The Labute approximate surface area is 217 Å². The molecule has 0 bridgehead atoms. The summed E-state index contributed by atoms with van der Waals surface area (Å²) in [5, 5.41) is 0. The van der Waals surface area contributed by atoms with E-state index in [1.54, 1.807) is 30.6 Å². The predicted octanol–water partition coefficient (Wildman–Crippen LogP) is 4.23. The molecular weight excluding hydrogens is 470 g/mol. The van der Waals surface area contributed by atoms with Gasteiger partial charge in [0.1, 0.15) is 17.6 Å². The van der Waals surface area contributed by atoms with Gasteiger partial charge in [0.2, 0.25) is 23.4 Å². The van der Waals surface area contributed by atoms with Crippen molar-refractivity contribution in [2.45, 2.75) is 76.9 Å². The highest BCUT2D eigenvalue weighted by Crippen LogP contribution is 2.47. The van der Waals surface area contributed by atoms with Crippen LogP contribution in [0.2, 0.25) is 0 Å². The number of ether oxygens (including phenoxy) is 2. The van der Waals surface area contributed by atoms with Gasteiger partial charge in [-0.1, -0.05) is 6.42 Å². The second-order valence-electron chi connectivity index (χ2n) is 10.5. The molecule has 3 atom stereocenters. The normalized spacial score (nSPS) is 25.4. The average Bonchev–Trinajstić information content (AvgIpc) is 3.33. The zero-order valence-electron chi connectivity index (χ0n) is 21.6. The van der Waals surface area contributed by atoms with Crippen molar-refractivity contribution in [2.24, 2.45) is 11.1 Å². The van der Waals surface area contributed by atoms with E-state index >= 15 is 0 Å². The average molecular weight is 506 g/mol. The summed E-state index contributed by atoms with van der Waals surface area (Å²) in [7, 11) is 2.09. The number of pyridine rings is 1. The van der Waals surface area contributed by atoms with Crippen molar-refractivity contribution in [1.82, 2.24) is 19.9 Å². The van der Waals surface area contributed by atoms with E-state index in [0.717, 1.165) is 38.6 Å². The number of carbonyl (C=O) groups is 2. The molecule has 2 fully saturated rings. The third kappa shape index (κ3) is 5.09. The molecule has 2 aromatic rings. The van der Waals surface area contributed by atoms with Crippen LogP contribution >= 0.6 is 0 Å². The minimum Gasteiger partial charge on any atom is -0.473 e. The van der Waals surface area contributed by atoms with Crippen molar-refractivity contribution < 1.29 is 19.1 Å². The molecule has 1 saturated heterocycles. The molecule has 1 aliphatic heterocycles. The smallest absolute Gasteiger partial charge is 0.228 e. The minimum atomic E-state index is -0.730. The van der Waals surface area contributed by atoms with Crippen molar-refractivity contribution in [2.75, 3.05) is 13.6 Å². The van der Waals surface area contributed by atoms with Gasteiger partial charge in [0.15, 0.2) is 0 Å². The Morgan fingerprint density at radius 2 is 1.97 bits per heavy atom. The van der Waals surface area contributed by atoms with Crippen LogP contribution in [0.5, 0.6) is 17.5 Å². The molecule has 0 amide bonds. The van der Waals surface area contributed by atoms with E-state index in [-0.39, 0.29) is 41.3 Å². The number of Topliss-reactive ketones (excluding diaryl/α,β-unsaturated/α-hetero) is 2. The number of likely N-dealkylation sites (tertiary alicyclic amines) is 1. The van der Waals surface area contributed by atoms with E-state index in [0.29, 0.717) is 42.7 Å². The second-order valence-corrected chi connectivity index (χ2v) is 10.5. The largest absolute Gasteiger partial charge is 0.473 e. The van der Waals surface area contributed by atoms with E-state index in [1.807, 2.05) is 6.92 Å². The monoisotopic (exact) mass is 505 g/mol. The highest BCUT2D eigenvalue weighted by Gasteiger charge is 2.46. The van der Waals surface area contributed by atoms with E-state index in [1.165, 1.54) is 0 Å². The fraction of sp³-hybridized carbons (Fsp3) is 0.536. The number of hydrogen-bond donors (Lipinski definition) is 1. The van der Waals surface area contributed by atoms with Gasteiger partial charge in [-0.3, -0.25) is 19.5 Å². The fourth-order valence-corrected chi connectivity index (χ4v) is 6.08. The van der Waals surface area contributed by atoms with Crippen molar-refractivity contribution in [3.05, 3.63) is 47.7 Å². The van der Waals surface area contributed by atoms with Crippen molar-refractivity contribution in [3.8, 4) is 17.5 Å². The minimum absolute atomic E-state index is 0.0402. The summed E-state index contributed by atoms with van der Waals surface area (Å²) < 4.78 is 12.2. The standard InChI is InChI=1S/C28H35N5O4/c1-18(21-10-7-15-33(21)2)36-23-16-24(37-19-8-6-14-30-17-19)32-27(31-23)25(35)20-9-5-13-28(26(20)29)12-4-3-11-22(28)34/h6,8,14,16-18,21H,3-5,7,9-13,15,29H2,1-2H3/t18-,21-,28+/m0/s1. The van der Waals surface area contributed by atoms with E-state index in [2.05, 4.69) is 26.9 Å². The molecule has 0 unspecified atom stereocenters. The van der Waals surface area contributed by atoms with Crippen LogP contribution in [0.1, 0.15) is 75.3 Å². The molecule has 9 nitrogen and oxygen atoms in total. The Morgan fingerprint density at radius 3 is 2.70 bits per heavy atom. The highest BCUT2D eigenvalue weighted by atomic mass is 16.5. The quantitative estimate of drug-likeness (QED) is 0.551. The second kappa shape index (κ2) is 10.6. The van der Waals surface area contributed by atoms with Crippen LogP contribution in [0.15, 0.2) is 41.9 Å². The van der Waals surface area contributed by atoms with Crippen LogP contribution in [-0.2, 0) is 4.79 Å². The number of aromatic nitrogens is 3. The fourth-order valence-electron chi connectivity index (χ4n) is 6.08. The molecule has 1 spiro atoms. The molecule has 3 heterocycles. The predicted molar refractivity (Wildman–Crippen MR) is 137 cm³/mol. The number of carbonyl (C=O) groups excluding carboxylic acids is 2. The summed E-state index contributed by atoms with van der Waals surface area (Å²) in [4.78, 5) is 42.0. The summed E-state index contributed by atoms with van der Waals surface area (Å²) in [5.41, 5.74) is 6.71. The zero-order valence-corrected chi connectivity index (χ0v) is 21.6. The van der Waals surface area contributed by atoms with Gasteiger partial charge in [-0.15, -0.1) is 0 Å². The molecule has 37 heavy (non-hydrogen) atoms. The maximum atomic E-state index is 13.8. The van der Waals surface area contributed by atoms with Gasteiger partial charge in [0, 0.05) is 29.9 Å². The Morgan fingerprint density at radius 1 is 1.16 bits per heavy atom. The Hall–Kier alpha value is -3.33. The van der Waals surface area contributed by atoms with Gasteiger partial charge in [0.25, 0.3) is 0 Å². The van der Waals surface area contributed by atoms with Gasteiger partial charge in [-0.05, 0) is 77.6 Å². The van der Waals surface area contributed by atoms with Crippen LogP contribution in [0.4, 0.5) is 0 Å². The van der Waals surface area contributed by atoms with E-state index in [9.17, 15) is 9.59 Å². The number of ketones is 2. The zero-order chi connectivity index (χ0) is 26.0. The lowest BCUT2D eigenvalue weighted by Gasteiger charge is -2.40. The van der Waals surface area contributed by atoms with Crippen molar-refractivity contribution >= 4 is 11.6 Å². The van der Waals surface area contributed by atoms with E-state index in [4.69, 9.17) is 15.2 Å². The highest BCUT2D eigenvalue weighted by molar-refractivity contribution is 6.08. The van der Waals surface area contributed by atoms with Gasteiger partial charge >= 0.3 is 0 Å². The first-order chi connectivity index (χ1) is 17.9. The molecule has 1 saturated carbocycles.